The molecule has 0 bridgehead atoms. The smallest absolute Gasteiger partial charge is 0.0931 e. The highest BCUT2D eigenvalue weighted by molar-refractivity contribution is 7.16. The van der Waals surface area contributed by atoms with Crippen molar-refractivity contribution in [2.75, 3.05) is 6.54 Å². The predicted octanol–water partition coefficient (Wildman–Crippen LogP) is 4.86. The van der Waals surface area contributed by atoms with Crippen molar-refractivity contribution in [1.82, 2.24) is 15.1 Å². The first kappa shape index (κ1) is 16.8. The molecule has 6 heteroatoms. The second-order valence-corrected chi connectivity index (χ2v) is 7.14. The molecule has 2 aromatic rings. The number of halogens is 2. The molecule has 2 heterocycles. The normalized spacial score (nSPS) is 12.8. The summed E-state index contributed by atoms with van der Waals surface area (Å²) in [6, 6.07) is 4.27. The van der Waals surface area contributed by atoms with Crippen LogP contribution >= 0.6 is 34.5 Å². The summed E-state index contributed by atoms with van der Waals surface area (Å²) in [6.07, 6.45) is 1.92. The largest absolute Gasteiger partial charge is 0.309 e. The van der Waals surface area contributed by atoms with Crippen LogP contribution in [0.2, 0.25) is 9.36 Å². The second kappa shape index (κ2) is 7.63. The van der Waals surface area contributed by atoms with Gasteiger partial charge < -0.3 is 5.32 Å². The van der Waals surface area contributed by atoms with E-state index in [1.807, 2.05) is 17.7 Å². The fraction of sp³-hybridized carbons (Fsp3) is 0.533. The van der Waals surface area contributed by atoms with Crippen LogP contribution < -0.4 is 5.32 Å². The van der Waals surface area contributed by atoms with Crippen LogP contribution in [-0.4, -0.2) is 16.3 Å². The zero-order valence-electron chi connectivity index (χ0n) is 12.6. The van der Waals surface area contributed by atoms with Crippen molar-refractivity contribution in [2.24, 2.45) is 0 Å². The van der Waals surface area contributed by atoms with Gasteiger partial charge >= 0.3 is 0 Å². The fourth-order valence-corrected chi connectivity index (χ4v) is 3.71. The van der Waals surface area contributed by atoms with Crippen molar-refractivity contribution in [3.8, 4) is 0 Å². The van der Waals surface area contributed by atoms with Gasteiger partial charge in [-0.25, -0.2) is 0 Å². The molecule has 2 aromatic heterocycles. The summed E-state index contributed by atoms with van der Waals surface area (Å²) in [6.45, 7) is 8.00. The molecule has 0 saturated carbocycles. The molecule has 0 fully saturated rings. The van der Waals surface area contributed by atoms with Crippen LogP contribution in [0.25, 0.3) is 0 Å². The molecule has 0 saturated heterocycles. The molecule has 3 nitrogen and oxygen atoms in total. The number of rotatable bonds is 7. The minimum atomic E-state index is 0.223. The first-order valence-corrected chi connectivity index (χ1v) is 8.84. The maximum absolute atomic E-state index is 6.43. The van der Waals surface area contributed by atoms with Gasteiger partial charge in [0.2, 0.25) is 0 Å². The van der Waals surface area contributed by atoms with Crippen LogP contribution in [0.3, 0.4) is 0 Å². The van der Waals surface area contributed by atoms with Crippen molar-refractivity contribution >= 4 is 34.5 Å². The topological polar surface area (TPSA) is 29.9 Å². The van der Waals surface area contributed by atoms with Crippen LogP contribution in [-0.2, 0) is 13.0 Å². The average molecular weight is 346 g/mol. The Morgan fingerprint density at radius 1 is 1.33 bits per heavy atom. The lowest BCUT2D eigenvalue weighted by Crippen LogP contribution is -2.24. The van der Waals surface area contributed by atoms with Gasteiger partial charge in [-0.05, 0) is 38.9 Å². The molecule has 2 rings (SSSR count). The molecule has 1 N–H and O–H groups in total. The van der Waals surface area contributed by atoms with Crippen LogP contribution in [0.5, 0.6) is 0 Å². The van der Waals surface area contributed by atoms with E-state index in [4.69, 9.17) is 23.2 Å². The van der Waals surface area contributed by atoms with E-state index in [0.717, 1.165) is 46.7 Å². The molecule has 0 amide bonds. The van der Waals surface area contributed by atoms with Crippen molar-refractivity contribution in [2.45, 2.75) is 46.2 Å². The SMILES string of the molecule is CCCNC(Cc1c(Cl)c(C)nn1CC)c1ccc(Cl)s1. The van der Waals surface area contributed by atoms with Gasteiger partial charge in [0.05, 0.1) is 20.7 Å². The number of hydrogen-bond donors (Lipinski definition) is 1. The van der Waals surface area contributed by atoms with E-state index >= 15 is 0 Å². The van der Waals surface area contributed by atoms with Gasteiger partial charge in [-0.1, -0.05) is 30.1 Å². The zero-order chi connectivity index (χ0) is 15.4. The van der Waals surface area contributed by atoms with Gasteiger partial charge in [0, 0.05) is 23.9 Å². The molecule has 21 heavy (non-hydrogen) atoms. The molecule has 0 aromatic carbocycles. The minimum absolute atomic E-state index is 0.223. The lowest BCUT2D eigenvalue weighted by molar-refractivity contribution is 0.508. The van der Waals surface area contributed by atoms with E-state index in [9.17, 15) is 0 Å². The number of thiophene rings is 1. The maximum atomic E-state index is 6.43. The monoisotopic (exact) mass is 345 g/mol. The molecule has 0 aliphatic rings. The summed E-state index contributed by atoms with van der Waals surface area (Å²) in [7, 11) is 0. The van der Waals surface area contributed by atoms with E-state index < -0.39 is 0 Å². The first-order valence-electron chi connectivity index (χ1n) is 7.27. The van der Waals surface area contributed by atoms with Crippen molar-refractivity contribution in [1.29, 1.82) is 0 Å². The summed E-state index contributed by atoms with van der Waals surface area (Å²) >= 11 is 14.1. The highest BCUT2D eigenvalue weighted by Gasteiger charge is 2.20. The molecule has 0 aliphatic heterocycles. The molecule has 0 spiro atoms. The molecular weight excluding hydrogens is 325 g/mol. The van der Waals surface area contributed by atoms with Crippen LogP contribution in [0.15, 0.2) is 12.1 Å². The third-order valence-electron chi connectivity index (χ3n) is 3.43. The molecule has 1 unspecified atom stereocenters. The summed E-state index contributed by atoms with van der Waals surface area (Å²) in [4.78, 5) is 1.24. The summed E-state index contributed by atoms with van der Waals surface area (Å²) in [5.41, 5.74) is 1.99. The molecule has 0 aliphatic carbocycles. The number of nitrogens with zero attached hydrogens (tertiary/aromatic N) is 2. The van der Waals surface area contributed by atoms with Crippen LogP contribution in [0, 0.1) is 6.92 Å². The van der Waals surface area contributed by atoms with Crippen molar-refractivity contribution < 1.29 is 0 Å². The zero-order valence-corrected chi connectivity index (χ0v) is 14.9. The molecule has 116 valence electrons. The highest BCUT2D eigenvalue weighted by atomic mass is 35.5. The van der Waals surface area contributed by atoms with Crippen molar-refractivity contribution in [3.63, 3.8) is 0 Å². The van der Waals surface area contributed by atoms with E-state index in [1.165, 1.54) is 4.88 Å². The first-order chi connectivity index (χ1) is 10.1. The minimum Gasteiger partial charge on any atom is -0.309 e. The number of hydrogen-bond acceptors (Lipinski definition) is 3. The van der Waals surface area contributed by atoms with Crippen LogP contribution in [0.4, 0.5) is 0 Å². The highest BCUT2D eigenvalue weighted by Crippen LogP contribution is 2.31. The summed E-state index contributed by atoms with van der Waals surface area (Å²) in [5.74, 6) is 0. The number of aromatic nitrogens is 2. The quantitative estimate of drug-likeness (QED) is 0.776. The average Bonchev–Trinajstić information content (AvgIpc) is 3.01. The lowest BCUT2D eigenvalue weighted by Gasteiger charge is -2.18. The van der Waals surface area contributed by atoms with Gasteiger partial charge in [-0.3, -0.25) is 4.68 Å². The van der Waals surface area contributed by atoms with Crippen molar-refractivity contribution in [3.05, 3.63) is 37.8 Å². The number of nitrogens with one attached hydrogen (secondary N) is 1. The van der Waals surface area contributed by atoms with E-state index in [1.54, 1.807) is 11.3 Å². The Hall–Kier alpha value is -0.550. The lowest BCUT2D eigenvalue weighted by atomic mass is 10.1. The summed E-state index contributed by atoms with van der Waals surface area (Å²) in [5, 5.41) is 8.86. The third-order valence-corrected chi connectivity index (χ3v) is 5.26. The second-order valence-electron chi connectivity index (χ2n) is 5.01. The van der Waals surface area contributed by atoms with E-state index in [0.29, 0.717) is 0 Å². The third kappa shape index (κ3) is 4.01. The Morgan fingerprint density at radius 3 is 2.67 bits per heavy atom. The molecule has 1 atom stereocenters. The Balaban J connectivity index is 2.26. The van der Waals surface area contributed by atoms with Gasteiger partial charge in [0.25, 0.3) is 0 Å². The van der Waals surface area contributed by atoms with Gasteiger partial charge in [0.1, 0.15) is 0 Å². The van der Waals surface area contributed by atoms with E-state index in [2.05, 4.69) is 30.3 Å². The summed E-state index contributed by atoms with van der Waals surface area (Å²) < 4.78 is 2.81. The fourth-order valence-electron chi connectivity index (χ4n) is 2.36. The molecular formula is C15H21Cl2N3S. The Labute approximate surface area is 140 Å². The standard InChI is InChI=1S/C15H21Cl2N3S/c1-4-8-18-11(13-6-7-14(16)21-13)9-12-15(17)10(3)19-20(12)5-2/h6-7,11,18H,4-5,8-9H2,1-3H3. The van der Waals surface area contributed by atoms with E-state index in [-0.39, 0.29) is 6.04 Å². The van der Waals surface area contributed by atoms with Gasteiger partial charge in [-0.15, -0.1) is 11.3 Å². The van der Waals surface area contributed by atoms with Gasteiger partial charge in [-0.2, -0.15) is 5.10 Å². The Morgan fingerprint density at radius 2 is 2.10 bits per heavy atom. The maximum Gasteiger partial charge on any atom is 0.0931 e. The van der Waals surface area contributed by atoms with Crippen LogP contribution in [0.1, 0.15) is 42.6 Å². The van der Waals surface area contributed by atoms with Gasteiger partial charge in [0.15, 0.2) is 0 Å². The molecule has 0 radical (unpaired) electrons. The Kier molecular flexibility index (Phi) is 6.11. The predicted molar refractivity (Wildman–Crippen MR) is 91.7 cm³/mol. The Bertz CT molecular complexity index is 592. The number of aryl methyl sites for hydroxylation is 2.